The van der Waals surface area contributed by atoms with E-state index in [9.17, 15) is 9.59 Å². The molecule has 0 radical (unpaired) electrons. The predicted molar refractivity (Wildman–Crippen MR) is 85.3 cm³/mol. The summed E-state index contributed by atoms with van der Waals surface area (Å²) in [5.41, 5.74) is 1.38. The van der Waals surface area contributed by atoms with Crippen LogP contribution in [0.25, 0.3) is 0 Å². The van der Waals surface area contributed by atoms with E-state index < -0.39 is 11.5 Å². The van der Waals surface area contributed by atoms with Crippen molar-refractivity contribution in [3.8, 4) is 0 Å². The zero-order valence-corrected chi connectivity index (χ0v) is 12.2. The number of anilines is 2. The second-order valence-corrected chi connectivity index (χ2v) is 5.34. The largest absolute Gasteiger partial charge is 0.372 e. The predicted octanol–water partition coefficient (Wildman–Crippen LogP) is 2.01. The van der Waals surface area contributed by atoms with Gasteiger partial charge in [-0.25, -0.2) is 4.98 Å². The van der Waals surface area contributed by atoms with Gasteiger partial charge in [-0.05, 0) is 43.5 Å². The summed E-state index contributed by atoms with van der Waals surface area (Å²) >= 11 is 0. The maximum absolute atomic E-state index is 12.0. The van der Waals surface area contributed by atoms with Gasteiger partial charge in [0, 0.05) is 30.7 Å². The van der Waals surface area contributed by atoms with Crippen molar-refractivity contribution in [1.29, 1.82) is 0 Å². The monoisotopic (exact) mass is 298 g/mol. The third kappa shape index (κ3) is 3.16. The van der Waals surface area contributed by atoms with E-state index in [0.717, 1.165) is 18.8 Å². The molecule has 1 fully saturated rings. The lowest BCUT2D eigenvalue weighted by atomic mass is 10.1. The minimum Gasteiger partial charge on any atom is -0.372 e. The molecule has 0 spiro atoms. The van der Waals surface area contributed by atoms with Crippen LogP contribution in [0.3, 0.4) is 0 Å². The lowest BCUT2D eigenvalue weighted by Crippen LogP contribution is -2.29. The Bertz CT molecular complexity index is 703. The van der Waals surface area contributed by atoms with Gasteiger partial charge >= 0.3 is 0 Å². The lowest BCUT2D eigenvalue weighted by molar-refractivity contribution is 0.102. The smallest absolute Gasteiger partial charge is 0.263 e. The second kappa shape index (κ2) is 6.43. The van der Waals surface area contributed by atoms with Crippen molar-refractivity contribution < 1.29 is 4.79 Å². The van der Waals surface area contributed by atoms with Gasteiger partial charge in [0.25, 0.3) is 11.5 Å². The van der Waals surface area contributed by atoms with Crippen molar-refractivity contribution in [3.63, 3.8) is 0 Å². The van der Waals surface area contributed by atoms with Gasteiger partial charge in [-0.2, -0.15) is 0 Å². The summed E-state index contributed by atoms with van der Waals surface area (Å²) < 4.78 is 0. The fourth-order valence-electron chi connectivity index (χ4n) is 2.61. The van der Waals surface area contributed by atoms with Gasteiger partial charge < -0.3 is 15.2 Å². The first-order chi connectivity index (χ1) is 10.7. The van der Waals surface area contributed by atoms with E-state index in [1.54, 1.807) is 0 Å². The summed E-state index contributed by atoms with van der Waals surface area (Å²) in [7, 11) is 0. The molecule has 6 heteroatoms. The van der Waals surface area contributed by atoms with E-state index in [1.165, 1.54) is 31.8 Å². The number of carbonyl (C=O) groups excluding carboxylic acids is 1. The molecular weight excluding hydrogens is 280 g/mol. The van der Waals surface area contributed by atoms with Crippen LogP contribution in [-0.4, -0.2) is 29.0 Å². The Kier molecular flexibility index (Phi) is 4.18. The molecule has 2 N–H and O–H groups in total. The highest BCUT2D eigenvalue weighted by atomic mass is 16.2. The number of hydrogen-bond acceptors (Lipinski definition) is 4. The number of aromatic amines is 1. The number of H-pyrrole nitrogens is 1. The number of nitrogens with one attached hydrogen (secondary N) is 2. The quantitative estimate of drug-likeness (QED) is 0.908. The minimum absolute atomic E-state index is 0.00241. The molecule has 0 bridgehead atoms. The molecular formula is C16H18N4O2. The molecule has 1 aliphatic heterocycles. The number of carbonyl (C=O) groups is 1. The Hall–Kier alpha value is -2.63. The molecule has 0 atom stereocenters. The molecule has 1 amide bonds. The minimum atomic E-state index is -0.458. The average Bonchev–Trinajstić information content (AvgIpc) is 2.57. The van der Waals surface area contributed by atoms with Crippen molar-refractivity contribution in [2.24, 2.45) is 0 Å². The van der Waals surface area contributed by atoms with Gasteiger partial charge in [0.2, 0.25) is 0 Å². The molecule has 1 aromatic heterocycles. The van der Waals surface area contributed by atoms with Crippen molar-refractivity contribution in [1.82, 2.24) is 9.97 Å². The number of hydrogen-bond donors (Lipinski definition) is 2. The van der Waals surface area contributed by atoms with E-state index in [2.05, 4.69) is 20.2 Å². The van der Waals surface area contributed by atoms with Gasteiger partial charge in [-0.3, -0.25) is 9.59 Å². The van der Waals surface area contributed by atoms with Gasteiger partial charge in [-0.1, -0.05) is 0 Å². The van der Waals surface area contributed by atoms with Crippen LogP contribution in [0.2, 0.25) is 0 Å². The van der Waals surface area contributed by atoms with Crippen LogP contribution in [0.4, 0.5) is 11.4 Å². The van der Waals surface area contributed by atoms with E-state index in [-0.39, 0.29) is 5.56 Å². The van der Waals surface area contributed by atoms with Gasteiger partial charge in [-0.15, -0.1) is 0 Å². The Morgan fingerprint density at radius 2 is 1.86 bits per heavy atom. The summed E-state index contributed by atoms with van der Waals surface area (Å²) in [6.45, 7) is 2.16. The maximum Gasteiger partial charge on any atom is 0.263 e. The maximum atomic E-state index is 12.0. The number of amides is 1. The Labute approximate surface area is 128 Å². The standard InChI is InChI=1S/C16H18N4O2/c21-15-14(10-17-11-18-15)16(22)19-12-4-6-13(7-5-12)20-8-2-1-3-9-20/h4-7,10-11H,1-3,8-9H2,(H,19,22)(H,17,18,21). The molecule has 0 aliphatic carbocycles. The topological polar surface area (TPSA) is 78.1 Å². The highest BCUT2D eigenvalue weighted by molar-refractivity contribution is 6.03. The molecule has 2 heterocycles. The zero-order valence-electron chi connectivity index (χ0n) is 12.2. The van der Waals surface area contributed by atoms with Crippen LogP contribution in [0.15, 0.2) is 41.6 Å². The summed E-state index contributed by atoms with van der Waals surface area (Å²) in [6.07, 6.45) is 6.26. The van der Waals surface area contributed by atoms with Crippen LogP contribution in [0, 0.1) is 0 Å². The van der Waals surface area contributed by atoms with Crippen LogP contribution in [0.1, 0.15) is 29.6 Å². The molecule has 6 nitrogen and oxygen atoms in total. The zero-order chi connectivity index (χ0) is 15.4. The highest BCUT2D eigenvalue weighted by Gasteiger charge is 2.12. The van der Waals surface area contributed by atoms with Crippen LogP contribution >= 0.6 is 0 Å². The van der Waals surface area contributed by atoms with E-state index in [1.807, 2.05) is 24.3 Å². The Balaban J connectivity index is 1.69. The van der Waals surface area contributed by atoms with E-state index in [0.29, 0.717) is 5.69 Å². The first kappa shape index (κ1) is 14.3. The number of aromatic nitrogens is 2. The summed E-state index contributed by atoms with van der Waals surface area (Å²) in [6, 6.07) is 7.70. The molecule has 1 aromatic carbocycles. The summed E-state index contributed by atoms with van der Waals surface area (Å²) in [5, 5.41) is 2.71. The number of nitrogens with zero attached hydrogens (tertiary/aromatic N) is 2. The molecule has 114 valence electrons. The Morgan fingerprint density at radius 1 is 1.14 bits per heavy atom. The first-order valence-electron chi connectivity index (χ1n) is 7.43. The first-order valence-corrected chi connectivity index (χ1v) is 7.43. The molecule has 1 saturated heterocycles. The molecule has 2 aromatic rings. The fraction of sp³-hybridized carbons (Fsp3) is 0.312. The van der Waals surface area contributed by atoms with Crippen LogP contribution < -0.4 is 15.8 Å². The van der Waals surface area contributed by atoms with Crippen LogP contribution in [0.5, 0.6) is 0 Å². The summed E-state index contributed by atoms with van der Waals surface area (Å²) in [5.74, 6) is -0.458. The second-order valence-electron chi connectivity index (χ2n) is 5.34. The van der Waals surface area contributed by atoms with Crippen molar-refractivity contribution in [3.05, 3.63) is 52.7 Å². The third-order valence-corrected chi connectivity index (χ3v) is 3.81. The van der Waals surface area contributed by atoms with Gasteiger partial charge in [0.15, 0.2) is 0 Å². The molecule has 3 rings (SSSR count). The molecule has 1 aliphatic rings. The lowest BCUT2D eigenvalue weighted by Gasteiger charge is -2.28. The SMILES string of the molecule is O=C(Nc1ccc(N2CCCCC2)cc1)c1cnc[nH]c1=O. The third-order valence-electron chi connectivity index (χ3n) is 3.81. The molecule has 0 saturated carbocycles. The van der Waals surface area contributed by atoms with Gasteiger partial charge in [0.05, 0.1) is 6.33 Å². The van der Waals surface area contributed by atoms with Crippen molar-refractivity contribution in [2.75, 3.05) is 23.3 Å². The van der Waals surface area contributed by atoms with Crippen molar-refractivity contribution in [2.45, 2.75) is 19.3 Å². The number of rotatable bonds is 3. The molecule has 0 unspecified atom stereocenters. The molecule has 22 heavy (non-hydrogen) atoms. The van der Waals surface area contributed by atoms with Crippen molar-refractivity contribution >= 4 is 17.3 Å². The average molecular weight is 298 g/mol. The number of benzene rings is 1. The Morgan fingerprint density at radius 3 is 2.55 bits per heavy atom. The highest BCUT2D eigenvalue weighted by Crippen LogP contribution is 2.21. The van der Waals surface area contributed by atoms with E-state index in [4.69, 9.17) is 0 Å². The fourth-order valence-corrected chi connectivity index (χ4v) is 2.61. The summed E-state index contributed by atoms with van der Waals surface area (Å²) in [4.78, 5) is 32.1. The number of piperidine rings is 1. The normalized spacial score (nSPS) is 14.6. The van der Waals surface area contributed by atoms with Gasteiger partial charge in [0.1, 0.15) is 5.56 Å². The van der Waals surface area contributed by atoms with Crippen LogP contribution in [-0.2, 0) is 0 Å². The van der Waals surface area contributed by atoms with E-state index >= 15 is 0 Å².